The number of nitrogens with zero attached hydrogens (tertiary/aromatic N) is 3. The van der Waals surface area contributed by atoms with Gasteiger partial charge in [0.25, 0.3) is 11.8 Å². The van der Waals surface area contributed by atoms with Crippen molar-refractivity contribution in [3.05, 3.63) is 64.6 Å². The Hall–Kier alpha value is -3.10. The van der Waals surface area contributed by atoms with Crippen LogP contribution in [0.15, 0.2) is 58.4 Å². The van der Waals surface area contributed by atoms with Crippen molar-refractivity contribution in [1.29, 1.82) is 0 Å². The molecule has 33 heavy (non-hydrogen) atoms. The van der Waals surface area contributed by atoms with Crippen LogP contribution in [0.4, 0.5) is 5.69 Å². The van der Waals surface area contributed by atoms with E-state index >= 15 is 0 Å². The van der Waals surface area contributed by atoms with E-state index in [1.54, 1.807) is 21.9 Å². The number of amidine groups is 1. The average molecular weight is 466 g/mol. The molecule has 2 aromatic carbocycles. The number of morpholine rings is 1. The summed E-state index contributed by atoms with van der Waals surface area (Å²) >= 11 is 1.34. The smallest absolute Gasteiger partial charge is 0.266 e. The van der Waals surface area contributed by atoms with Crippen molar-refractivity contribution in [2.45, 2.75) is 13.8 Å². The van der Waals surface area contributed by atoms with Gasteiger partial charge in [-0.15, -0.1) is 0 Å². The molecule has 0 aliphatic carbocycles. The first-order valence-corrected chi connectivity index (χ1v) is 11.9. The highest BCUT2D eigenvalue weighted by Gasteiger charge is 2.32. The fourth-order valence-corrected chi connectivity index (χ4v) is 4.68. The summed E-state index contributed by atoms with van der Waals surface area (Å²) in [5.74, 6) is 0.698. The van der Waals surface area contributed by atoms with E-state index in [0.717, 1.165) is 11.3 Å². The maximum Gasteiger partial charge on any atom is 0.266 e. The van der Waals surface area contributed by atoms with Crippen molar-refractivity contribution in [2.75, 3.05) is 39.5 Å². The fourth-order valence-electron chi connectivity index (χ4n) is 3.62. The molecule has 2 aromatic rings. The minimum absolute atomic E-state index is 0.0288. The molecule has 7 nitrogen and oxygen atoms in total. The molecule has 2 saturated heterocycles. The number of likely N-dealkylation sites (N-methyl/N-ethyl adjacent to an activating group) is 1. The third-order valence-electron chi connectivity index (χ3n) is 5.31. The number of amides is 2. The second-order valence-electron chi connectivity index (χ2n) is 7.51. The van der Waals surface area contributed by atoms with Crippen molar-refractivity contribution in [3.63, 3.8) is 0 Å². The number of rotatable bonds is 6. The quantitative estimate of drug-likeness (QED) is 0.599. The van der Waals surface area contributed by atoms with Crippen LogP contribution in [0.5, 0.6) is 5.75 Å². The number of carbonyl (C=O) groups is 2. The lowest BCUT2D eigenvalue weighted by Crippen LogP contribution is -2.40. The van der Waals surface area contributed by atoms with Gasteiger partial charge < -0.3 is 14.4 Å². The fraction of sp³-hybridized carbons (Fsp3) is 0.320. The average Bonchev–Trinajstić information content (AvgIpc) is 3.14. The van der Waals surface area contributed by atoms with Gasteiger partial charge in [-0.1, -0.05) is 18.2 Å². The number of ether oxygens (including phenoxy) is 2. The highest BCUT2D eigenvalue weighted by atomic mass is 32.2. The molecule has 0 unspecified atom stereocenters. The minimum atomic E-state index is -0.0734. The predicted molar refractivity (Wildman–Crippen MR) is 131 cm³/mol. The summed E-state index contributed by atoms with van der Waals surface area (Å²) in [6.07, 6.45) is 1.87. The van der Waals surface area contributed by atoms with Crippen LogP contribution in [-0.2, 0) is 9.53 Å². The molecule has 8 heteroatoms. The Labute approximate surface area is 198 Å². The van der Waals surface area contributed by atoms with Crippen LogP contribution in [0.2, 0.25) is 0 Å². The standard InChI is InChI=1S/C25H27N3O4S/c1-3-28-24(30)22(16-18-8-10-21(11-9-18)32-4-2)33-25(28)26-20-7-5-6-19(17-20)23(29)27-12-14-31-15-13-27/h5-11,16-17H,3-4,12-15H2,1-2H3/b22-16+,26-25?. The van der Waals surface area contributed by atoms with Gasteiger partial charge in [-0.25, -0.2) is 4.99 Å². The third-order valence-corrected chi connectivity index (χ3v) is 6.32. The van der Waals surface area contributed by atoms with Crippen LogP contribution >= 0.6 is 11.8 Å². The number of hydrogen-bond donors (Lipinski definition) is 0. The maximum absolute atomic E-state index is 13.0. The summed E-state index contributed by atoms with van der Waals surface area (Å²) in [6.45, 7) is 7.28. The summed E-state index contributed by atoms with van der Waals surface area (Å²) in [5, 5.41) is 0.607. The van der Waals surface area contributed by atoms with Crippen LogP contribution in [0.1, 0.15) is 29.8 Å². The first-order chi connectivity index (χ1) is 16.1. The lowest BCUT2D eigenvalue weighted by Gasteiger charge is -2.26. The molecular formula is C25H27N3O4S. The van der Waals surface area contributed by atoms with Gasteiger partial charge in [0.15, 0.2) is 5.17 Å². The van der Waals surface area contributed by atoms with Gasteiger partial charge >= 0.3 is 0 Å². The zero-order valence-corrected chi connectivity index (χ0v) is 19.6. The van der Waals surface area contributed by atoms with E-state index in [1.807, 2.05) is 56.3 Å². The van der Waals surface area contributed by atoms with E-state index in [9.17, 15) is 9.59 Å². The summed E-state index contributed by atoms with van der Waals surface area (Å²) < 4.78 is 10.8. The second kappa shape index (κ2) is 10.7. The van der Waals surface area contributed by atoms with Gasteiger partial charge in [-0.2, -0.15) is 0 Å². The first-order valence-electron chi connectivity index (χ1n) is 11.1. The van der Waals surface area contributed by atoms with E-state index in [0.29, 0.717) is 60.8 Å². The van der Waals surface area contributed by atoms with Gasteiger partial charge in [-0.3, -0.25) is 14.5 Å². The Morgan fingerprint density at radius 2 is 1.91 bits per heavy atom. The van der Waals surface area contributed by atoms with E-state index < -0.39 is 0 Å². The second-order valence-corrected chi connectivity index (χ2v) is 8.52. The molecule has 0 spiro atoms. The van der Waals surface area contributed by atoms with Gasteiger partial charge in [0.05, 0.1) is 30.4 Å². The molecule has 0 saturated carbocycles. The third kappa shape index (κ3) is 5.46. The van der Waals surface area contributed by atoms with Crippen molar-refractivity contribution in [2.24, 2.45) is 4.99 Å². The van der Waals surface area contributed by atoms with E-state index in [4.69, 9.17) is 14.5 Å². The lowest BCUT2D eigenvalue weighted by atomic mass is 10.1. The van der Waals surface area contributed by atoms with Gasteiger partial charge in [0, 0.05) is 25.2 Å². The van der Waals surface area contributed by atoms with Gasteiger partial charge in [-0.05, 0) is 67.6 Å². The molecule has 172 valence electrons. The Morgan fingerprint density at radius 3 is 2.61 bits per heavy atom. The maximum atomic E-state index is 13.0. The summed E-state index contributed by atoms with van der Waals surface area (Å²) in [7, 11) is 0. The topological polar surface area (TPSA) is 71.4 Å². The molecular weight excluding hydrogens is 438 g/mol. The molecule has 0 atom stereocenters. The molecule has 4 rings (SSSR count). The van der Waals surface area contributed by atoms with E-state index in [2.05, 4.69) is 0 Å². The van der Waals surface area contributed by atoms with E-state index in [-0.39, 0.29) is 11.8 Å². The highest BCUT2D eigenvalue weighted by Crippen LogP contribution is 2.34. The van der Waals surface area contributed by atoms with Crippen LogP contribution in [-0.4, -0.2) is 66.2 Å². The molecule has 2 amide bonds. The predicted octanol–water partition coefficient (Wildman–Crippen LogP) is 4.18. The Morgan fingerprint density at radius 1 is 1.15 bits per heavy atom. The van der Waals surface area contributed by atoms with Crippen LogP contribution in [0.3, 0.4) is 0 Å². The monoisotopic (exact) mass is 465 g/mol. The zero-order valence-electron chi connectivity index (χ0n) is 18.8. The first kappa shape index (κ1) is 23.1. The van der Waals surface area contributed by atoms with Crippen molar-refractivity contribution >= 4 is 40.5 Å². The molecule has 0 aromatic heterocycles. The van der Waals surface area contributed by atoms with Crippen LogP contribution in [0, 0.1) is 0 Å². The normalized spacial score (nSPS) is 18.9. The number of thioether (sulfide) groups is 1. The summed E-state index contributed by atoms with van der Waals surface area (Å²) in [6, 6.07) is 14.9. The number of hydrogen-bond acceptors (Lipinski definition) is 6. The lowest BCUT2D eigenvalue weighted by molar-refractivity contribution is -0.122. The largest absolute Gasteiger partial charge is 0.494 e. The Bertz CT molecular complexity index is 1080. The molecule has 0 radical (unpaired) electrons. The number of carbonyl (C=O) groups excluding carboxylic acids is 2. The van der Waals surface area contributed by atoms with Crippen LogP contribution < -0.4 is 4.74 Å². The number of benzene rings is 2. The molecule has 0 bridgehead atoms. The molecule has 2 aliphatic rings. The summed E-state index contributed by atoms with van der Waals surface area (Å²) in [5.41, 5.74) is 2.15. The molecule has 0 N–H and O–H groups in total. The molecule has 2 heterocycles. The van der Waals surface area contributed by atoms with Crippen molar-refractivity contribution < 1.29 is 19.1 Å². The van der Waals surface area contributed by atoms with Gasteiger partial charge in [0.1, 0.15) is 5.75 Å². The summed E-state index contributed by atoms with van der Waals surface area (Å²) in [4.78, 5) is 34.5. The van der Waals surface area contributed by atoms with Crippen molar-refractivity contribution in [1.82, 2.24) is 9.80 Å². The van der Waals surface area contributed by atoms with Gasteiger partial charge in [0.2, 0.25) is 0 Å². The molecule has 2 aliphatic heterocycles. The number of aliphatic imine (C=N–C) groups is 1. The van der Waals surface area contributed by atoms with E-state index in [1.165, 1.54) is 11.8 Å². The SMILES string of the molecule is CCOc1ccc(/C=C2/SC(=Nc3cccc(C(=O)N4CCOCC4)c3)N(CC)C2=O)cc1. The van der Waals surface area contributed by atoms with Crippen LogP contribution in [0.25, 0.3) is 6.08 Å². The minimum Gasteiger partial charge on any atom is -0.494 e. The molecule has 2 fully saturated rings. The highest BCUT2D eigenvalue weighted by molar-refractivity contribution is 8.18. The van der Waals surface area contributed by atoms with Crippen molar-refractivity contribution in [3.8, 4) is 5.75 Å². The Kier molecular flexibility index (Phi) is 7.47. The zero-order chi connectivity index (χ0) is 23.2. The Balaban J connectivity index is 1.55.